The standard InChI is InChI=1S/C25H34FN3O6S/c1-7-17(2)27-25(31)18(3)28(15-19-10-8-9-11-21(19)26)24(30)16-29(36(6,32)33)22-13-12-20(34-4)14-23(22)35-5/h8-14,17-18H,7,15-16H2,1-6H3,(H,27,31)/t17-,18-/m0/s1. The van der Waals surface area contributed by atoms with E-state index in [4.69, 9.17) is 9.47 Å². The van der Waals surface area contributed by atoms with Gasteiger partial charge in [0, 0.05) is 24.2 Å². The van der Waals surface area contributed by atoms with E-state index in [2.05, 4.69) is 5.32 Å². The third kappa shape index (κ3) is 7.33. The number of benzene rings is 2. The second kappa shape index (κ2) is 12.6. The topological polar surface area (TPSA) is 105 Å². The third-order valence-electron chi connectivity index (χ3n) is 5.80. The number of carbonyl (C=O) groups excluding carboxylic acids is 2. The molecule has 1 N–H and O–H groups in total. The van der Waals surface area contributed by atoms with Crippen LogP contribution in [0.3, 0.4) is 0 Å². The number of ether oxygens (including phenoxy) is 2. The molecule has 0 saturated heterocycles. The summed E-state index contributed by atoms with van der Waals surface area (Å²) in [6.45, 7) is 4.41. The lowest BCUT2D eigenvalue weighted by molar-refractivity contribution is -0.139. The van der Waals surface area contributed by atoms with Crippen LogP contribution in [0.25, 0.3) is 0 Å². The SMILES string of the molecule is CC[C@H](C)NC(=O)[C@H](C)N(Cc1ccccc1F)C(=O)CN(c1ccc(OC)cc1OC)S(C)(=O)=O. The molecule has 0 saturated carbocycles. The number of nitrogens with one attached hydrogen (secondary N) is 1. The quantitative estimate of drug-likeness (QED) is 0.459. The first-order chi connectivity index (χ1) is 16.9. The van der Waals surface area contributed by atoms with Crippen molar-refractivity contribution in [3.05, 3.63) is 53.8 Å². The molecule has 0 aromatic heterocycles. The number of carbonyl (C=O) groups is 2. The molecule has 198 valence electrons. The lowest BCUT2D eigenvalue weighted by atomic mass is 10.1. The maximum Gasteiger partial charge on any atom is 0.244 e. The highest BCUT2D eigenvalue weighted by molar-refractivity contribution is 7.92. The Morgan fingerprint density at radius 1 is 1.08 bits per heavy atom. The first kappa shape index (κ1) is 28.9. The summed E-state index contributed by atoms with van der Waals surface area (Å²) in [7, 11) is -1.13. The lowest BCUT2D eigenvalue weighted by Crippen LogP contribution is -2.52. The summed E-state index contributed by atoms with van der Waals surface area (Å²) in [5.74, 6) is -1.04. The van der Waals surface area contributed by atoms with Gasteiger partial charge >= 0.3 is 0 Å². The minimum Gasteiger partial charge on any atom is -0.497 e. The van der Waals surface area contributed by atoms with Crippen LogP contribution in [0, 0.1) is 5.82 Å². The molecule has 0 unspecified atom stereocenters. The van der Waals surface area contributed by atoms with Crippen molar-refractivity contribution < 1.29 is 31.9 Å². The molecule has 2 rings (SSSR count). The molecule has 9 nitrogen and oxygen atoms in total. The highest BCUT2D eigenvalue weighted by Gasteiger charge is 2.32. The van der Waals surface area contributed by atoms with Crippen LogP contribution in [0.4, 0.5) is 10.1 Å². The maximum atomic E-state index is 14.5. The minimum absolute atomic E-state index is 0.122. The van der Waals surface area contributed by atoms with E-state index in [0.29, 0.717) is 12.2 Å². The molecule has 0 fully saturated rings. The molecule has 0 radical (unpaired) electrons. The molecule has 0 aliphatic carbocycles. The van der Waals surface area contributed by atoms with E-state index in [1.807, 2.05) is 13.8 Å². The smallest absolute Gasteiger partial charge is 0.244 e. The highest BCUT2D eigenvalue weighted by Crippen LogP contribution is 2.33. The first-order valence-electron chi connectivity index (χ1n) is 11.5. The van der Waals surface area contributed by atoms with Gasteiger partial charge in [-0.05, 0) is 38.5 Å². The molecule has 0 aliphatic heterocycles. The Hall–Kier alpha value is -3.34. The molecular formula is C25H34FN3O6S. The van der Waals surface area contributed by atoms with Crippen LogP contribution in [-0.4, -0.2) is 64.2 Å². The summed E-state index contributed by atoms with van der Waals surface area (Å²) in [6, 6.07) is 9.28. The zero-order chi connectivity index (χ0) is 27.0. The van der Waals surface area contributed by atoms with Gasteiger partial charge in [0.25, 0.3) is 0 Å². The summed E-state index contributed by atoms with van der Waals surface area (Å²) in [6.07, 6.45) is 1.64. The van der Waals surface area contributed by atoms with E-state index >= 15 is 0 Å². The molecule has 0 bridgehead atoms. The van der Waals surface area contributed by atoms with Gasteiger partial charge in [-0.2, -0.15) is 0 Å². The Labute approximate surface area is 212 Å². The molecule has 2 atom stereocenters. The number of methoxy groups -OCH3 is 2. The number of amides is 2. The third-order valence-corrected chi connectivity index (χ3v) is 6.93. The number of nitrogens with zero attached hydrogens (tertiary/aromatic N) is 2. The van der Waals surface area contributed by atoms with Crippen LogP contribution in [0.15, 0.2) is 42.5 Å². The number of sulfonamides is 1. The van der Waals surface area contributed by atoms with Gasteiger partial charge in [-0.25, -0.2) is 12.8 Å². The average Bonchev–Trinajstić information content (AvgIpc) is 2.85. The molecule has 11 heteroatoms. The number of hydrogen-bond acceptors (Lipinski definition) is 6. The fourth-order valence-electron chi connectivity index (χ4n) is 3.44. The maximum absolute atomic E-state index is 14.5. The molecule has 0 heterocycles. The molecule has 2 aromatic carbocycles. The molecule has 2 amide bonds. The molecule has 0 spiro atoms. The zero-order valence-electron chi connectivity index (χ0n) is 21.4. The number of anilines is 1. The minimum atomic E-state index is -3.96. The van der Waals surface area contributed by atoms with Gasteiger partial charge in [-0.15, -0.1) is 0 Å². The highest BCUT2D eigenvalue weighted by atomic mass is 32.2. The largest absolute Gasteiger partial charge is 0.497 e. The van der Waals surface area contributed by atoms with Gasteiger partial charge in [0.2, 0.25) is 21.8 Å². The second-order valence-electron chi connectivity index (χ2n) is 8.41. The van der Waals surface area contributed by atoms with E-state index in [0.717, 1.165) is 10.6 Å². The summed E-state index contributed by atoms with van der Waals surface area (Å²) in [5.41, 5.74) is 0.318. The van der Waals surface area contributed by atoms with E-state index in [-0.39, 0.29) is 29.6 Å². The zero-order valence-corrected chi connectivity index (χ0v) is 22.3. The van der Waals surface area contributed by atoms with Crippen LogP contribution in [0.2, 0.25) is 0 Å². The number of rotatable bonds is 12. The second-order valence-corrected chi connectivity index (χ2v) is 10.3. The van der Waals surface area contributed by atoms with Crippen LogP contribution < -0.4 is 19.1 Å². The number of hydrogen-bond donors (Lipinski definition) is 1. The fourth-order valence-corrected chi connectivity index (χ4v) is 4.30. The van der Waals surface area contributed by atoms with E-state index < -0.39 is 40.2 Å². The van der Waals surface area contributed by atoms with E-state index in [9.17, 15) is 22.4 Å². The van der Waals surface area contributed by atoms with Gasteiger partial charge in [-0.1, -0.05) is 25.1 Å². The van der Waals surface area contributed by atoms with Crippen molar-refractivity contribution in [3.63, 3.8) is 0 Å². The predicted octanol–water partition coefficient (Wildman–Crippen LogP) is 2.94. The normalized spacial score (nSPS) is 12.9. The van der Waals surface area contributed by atoms with Crippen molar-refractivity contribution in [2.75, 3.05) is 31.3 Å². The van der Waals surface area contributed by atoms with Crippen LogP contribution in [0.1, 0.15) is 32.8 Å². The van der Waals surface area contributed by atoms with E-state index in [1.54, 1.807) is 12.1 Å². The molecule has 2 aromatic rings. The van der Waals surface area contributed by atoms with Crippen LogP contribution in [-0.2, 0) is 26.2 Å². The van der Waals surface area contributed by atoms with Crippen molar-refractivity contribution in [3.8, 4) is 11.5 Å². The molecule has 0 aliphatic rings. The summed E-state index contributed by atoms with van der Waals surface area (Å²) in [4.78, 5) is 27.6. The number of halogens is 1. The Balaban J connectivity index is 2.47. The molecular weight excluding hydrogens is 489 g/mol. The van der Waals surface area contributed by atoms with Gasteiger partial charge in [-0.3, -0.25) is 13.9 Å². The summed E-state index contributed by atoms with van der Waals surface area (Å²) >= 11 is 0. The monoisotopic (exact) mass is 523 g/mol. The van der Waals surface area contributed by atoms with E-state index in [1.165, 1.54) is 56.4 Å². The first-order valence-corrected chi connectivity index (χ1v) is 13.3. The van der Waals surface area contributed by atoms with Crippen molar-refractivity contribution in [2.24, 2.45) is 0 Å². The van der Waals surface area contributed by atoms with Gasteiger partial charge in [0.1, 0.15) is 29.9 Å². The Morgan fingerprint density at radius 3 is 2.31 bits per heavy atom. The molecule has 36 heavy (non-hydrogen) atoms. The van der Waals surface area contributed by atoms with Crippen molar-refractivity contribution in [1.82, 2.24) is 10.2 Å². The Kier molecular flexibility index (Phi) is 10.1. The van der Waals surface area contributed by atoms with Crippen LogP contribution in [0.5, 0.6) is 11.5 Å². The van der Waals surface area contributed by atoms with Crippen molar-refractivity contribution in [1.29, 1.82) is 0 Å². The van der Waals surface area contributed by atoms with Gasteiger partial charge < -0.3 is 19.7 Å². The van der Waals surface area contributed by atoms with Gasteiger partial charge in [0.05, 0.1) is 26.2 Å². The lowest BCUT2D eigenvalue weighted by Gasteiger charge is -2.32. The Morgan fingerprint density at radius 2 is 1.75 bits per heavy atom. The summed E-state index contributed by atoms with van der Waals surface area (Å²) < 4.78 is 51.3. The fraction of sp³-hybridized carbons (Fsp3) is 0.440. The predicted molar refractivity (Wildman–Crippen MR) is 136 cm³/mol. The summed E-state index contributed by atoms with van der Waals surface area (Å²) in [5, 5.41) is 2.82. The van der Waals surface area contributed by atoms with Crippen molar-refractivity contribution >= 4 is 27.5 Å². The van der Waals surface area contributed by atoms with Gasteiger partial charge in [0.15, 0.2) is 0 Å². The average molecular weight is 524 g/mol. The van der Waals surface area contributed by atoms with Crippen molar-refractivity contribution in [2.45, 2.75) is 45.8 Å². The van der Waals surface area contributed by atoms with Crippen LogP contribution >= 0.6 is 0 Å². The Bertz CT molecular complexity index is 1170.